The van der Waals surface area contributed by atoms with Gasteiger partial charge in [0.05, 0.1) is 0 Å². The maximum absolute atomic E-state index is 13.1. The molecule has 0 spiro atoms. The molecule has 2 rings (SSSR count). The molecule has 0 bridgehead atoms. The fraction of sp³-hybridized carbons (Fsp3) is 0.500. The maximum atomic E-state index is 13.1. The van der Waals surface area contributed by atoms with Gasteiger partial charge in [0.25, 0.3) is 27.0 Å². The van der Waals surface area contributed by atoms with Crippen molar-refractivity contribution in [3.8, 4) is 0 Å². The third-order valence-corrected chi connectivity index (χ3v) is 7.54. The summed E-state index contributed by atoms with van der Waals surface area (Å²) in [7, 11) is -4.39. The van der Waals surface area contributed by atoms with Gasteiger partial charge in [0, 0.05) is 12.8 Å². The van der Waals surface area contributed by atoms with E-state index in [-0.39, 0.29) is 13.2 Å². The molecule has 35 heavy (non-hydrogen) atoms. The van der Waals surface area contributed by atoms with Crippen molar-refractivity contribution >= 4 is 27.0 Å². The third kappa shape index (κ3) is 12.9. The van der Waals surface area contributed by atoms with Gasteiger partial charge in [-0.3, -0.25) is 0 Å². The molecule has 7 heteroatoms. The number of hydrogen-bond acceptors (Lipinski definition) is 5. The molecule has 0 aliphatic heterocycles. The summed E-state index contributed by atoms with van der Waals surface area (Å²) in [5.41, 5.74) is 2.58. The Hall–Kier alpha value is -1.42. The van der Waals surface area contributed by atoms with Crippen LogP contribution in [0, 0.1) is 11.8 Å². The van der Waals surface area contributed by atoms with Crippen molar-refractivity contribution in [2.45, 2.75) is 79.4 Å². The van der Waals surface area contributed by atoms with Crippen molar-refractivity contribution in [1.29, 1.82) is 0 Å². The van der Waals surface area contributed by atoms with Crippen molar-refractivity contribution in [1.82, 2.24) is 0 Å². The van der Waals surface area contributed by atoms with Gasteiger partial charge in [0.2, 0.25) is 0 Å². The zero-order valence-corrected chi connectivity index (χ0v) is 23.3. The van der Waals surface area contributed by atoms with Crippen LogP contribution in [-0.2, 0) is 27.0 Å². The summed E-state index contributed by atoms with van der Waals surface area (Å²) in [6, 6.07) is 19.3. The van der Waals surface area contributed by atoms with Gasteiger partial charge in [-0.25, -0.2) is 4.74 Å². The highest BCUT2D eigenvalue weighted by molar-refractivity contribution is 7.48. The summed E-state index contributed by atoms with van der Waals surface area (Å²) >= 11 is 0. The van der Waals surface area contributed by atoms with E-state index < -0.39 is 16.0 Å². The highest BCUT2D eigenvalue weighted by atomic mass is 31.1. The van der Waals surface area contributed by atoms with E-state index in [9.17, 15) is 9.79 Å². The molecule has 192 valence electrons. The van der Waals surface area contributed by atoms with E-state index in [1.54, 1.807) is 0 Å². The zero-order valence-electron chi connectivity index (χ0n) is 21.5. The van der Waals surface area contributed by atoms with E-state index >= 15 is 0 Å². The fourth-order valence-corrected chi connectivity index (χ4v) is 5.32. The van der Waals surface area contributed by atoms with Gasteiger partial charge in [0.15, 0.2) is 0 Å². The van der Waals surface area contributed by atoms with Crippen LogP contribution in [0.3, 0.4) is 0 Å². The molecular formula is C28H40O5P2. The number of hydrogen-bond donors (Lipinski definition) is 0. The molecule has 0 amide bonds. The van der Waals surface area contributed by atoms with Gasteiger partial charge >= 0.3 is 0 Å². The van der Waals surface area contributed by atoms with E-state index in [0.29, 0.717) is 35.6 Å². The second-order valence-corrected chi connectivity index (χ2v) is 12.0. The molecule has 0 radical (unpaired) electrons. The number of rotatable bonds is 16. The predicted molar refractivity (Wildman–Crippen MR) is 145 cm³/mol. The van der Waals surface area contributed by atoms with Crippen LogP contribution in [0.2, 0.25) is 0 Å². The maximum Gasteiger partial charge on any atom is 0.263 e. The lowest BCUT2D eigenvalue weighted by molar-refractivity contribution is -0.173. The van der Waals surface area contributed by atoms with Crippen LogP contribution in [0.15, 0.2) is 60.7 Å². The van der Waals surface area contributed by atoms with Crippen LogP contribution in [0.25, 0.3) is 0 Å². The number of ether oxygens (including phenoxy) is 1. The van der Waals surface area contributed by atoms with Crippen molar-refractivity contribution in [3.63, 3.8) is 0 Å². The predicted octanol–water partition coefficient (Wildman–Crippen LogP) is 6.69. The van der Waals surface area contributed by atoms with Crippen molar-refractivity contribution in [3.05, 3.63) is 71.8 Å². The first-order valence-electron chi connectivity index (χ1n) is 12.5. The third-order valence-electron chi connectivity index (χ3n) is 5.37. The van der Waals surface area contributed by atoms with Crippen LogP contribution in [0.4, 0.5) is 0 Å². The molecular weight excluding hydrogens is 478 g/mol. The summed E-state index contributed by atoms with van der Waals surface area (Å²) in [4.78, 5) is 26.3. The van der Waals surface area contributed by atoms with Gasteiger partial charge in [-0.15, -0.1) is 0 Å². The normalized spacial score (nSPS) is 13.3. The summed E-state index contributed by atoms with van der Waals surface area (Å²) in [6.45, 7) is 9.09. The molecule has 0 fully saturated rings. The second-order valence-electron chi connectivity index (χ2n) is 9.49. The van der Waals surface area contributed by atoms with Crippen LogP contribution < -0.4 is 9.79 Å². The highest BCUT2D eigenvalue weighted by Crippen LogP contribution is 2.28. The summed E-state index contributed by atoms with van der Waals surface area (Å²) < 4.78 is 17.5. The van der Waals surface area contributed by atoms with Crippen LogP contribution in [-0.4, -0.2) is 11.0 Å². The Morgan fingerprint density at radius 2 is 1.03 bits per heavy atom. The number of benzene rings is 2. The fourth-order valence-electron chi connectivity index (χ4n) is 3.38. The Balaban J connectivity index is 2.19. The lowest BCUT2D eigenvalue weighted by Gasteiger charge is -2.11. The molecule has 0 saturated carbocycles. The minimum absolute atomic E-state index is 0.229. The van der Waals surface area contributed by atoms with Gasteiger partial charge in [-0.1, -0.05) is 101 Å². The van der Waals surface area contributed by atoms with E-state index in [4.69, 9.17) is 13.8 Å². The first-order valence-corrected chi connectivity index (χ1v) is 14.9. The van der Waals surface area contributed by atoms with Crippen molar-refractivity contribution in [2.75, 3.05) is 0 Å². The largest absolute Gasteiger partial charge is 0.601 e. The SMILES string of the molecule is CC(C)CCC/C(O/C(CCCC(C)C)=[P+](\[O-])OCc1ccccc1)=[P+](\[O-])OCc1ccccc1. The van der Waals surface area contributed by atoms with Crippen molar-refractivity contribution < 1.29 is 23.6 Å². The van der Waals surface area contributed by atoms with Gasteiger partial charge in [0.1, 0.15) is 13.2 Å². The van der Waals surface area contributed by atoms with Gasteiger partial charge in [-0.05, 0) is 35.8 Å². The van der Waals surface area contributed by atoms with Crippen molar-refractivity contribution in [2.24, 2.45) is 11.8 Å². The topological polar surface area (TPSA) is 73.8 Å². The van der Waals surface area contributed by atoms with Crippen LogP contribution >= 0.6 is 16.0 Å². The first-order chi connectivity index (χ1) is 16.8. The Labute approximate surface area is 213 Å². The van der Waals surface area contributed by atoms with E-state index in [2.05, 4.69) is 27.7 Å². The zero-order chi connectivity index (χ0) is 25.5. The summed E-state index contributed by atoms with van der Waals surface area (Å²) in [6.07, 6.45) is 4.60. The van der Waals surface area contributed by atoms with Gasteiger partial charge in [-0.2, -0.15) is 9.05 Å². The lowest BCUT2D eigenvalue weighted by Crippen LogP contribution is -2.18. The molecule has 2 aromatic rings. The van der Waals surface area contributed by atoms with Crippen LogP contribution in [0.1, 0.15) is 77.3 Å². The molecule has 0 aromatic heterocycles. The minimum Gasteiger partial charge on any atom is -0.601 e. The van der Waals surface area contributed by atoms with E-state index in [0.717, 1.165) is 36.8 Å². The molecule has 0 aliphatic rings. The lowest BCUT2D eigenvalue weighted by atomic mass is 10.1. The van der Waals surface area contributed by atoms with E-state index in [1.807, 2.05) is 60.7 Å². The molecule has 2 unspecified atom stereocenters. The molecule has 0 heterocycles. The molecule has 2 aromatic carbocycles. The summed E-state index contributed by atoms with van der Waals surface area (Å²) in [5.74, 6) is 1.05. The molecule has 5 nitrogen and oxygen atoms in total. The molecule has 2 atom stereocenters. The average Bonchev–Trinajstić information content (AvgIpc) is 2.85. The van der Waals surface area contributed by atoms with Gasteiger partial charge < -0.3 is 9.79 Å². The second kappa shape index (κ2) is 17.1. The molecule has 0 saturated heterocycles. The Morgan fingerprint density at radius 3 is 1.37 bits per heavy atom. The highest BCUT2D eigenvalue weighted by Gasteiger charge is 2.23. The monoisotopic (exact) mass is 518 g/mol. The average molecular weight is 519 g/mol. The van der Waals surface area contributed by atoms with Crippen LogP contribution in [0.5, 0.6) is 0 Å². The summed E-state index contributed by atoms with van der Waals surface area (Å²) in [5, 5.41) is 0. The smallest absolute Gasteiger partial charge is 0.263 e. The molecule has 0 aliphatic carbocycles. The van der Waals surface area contributed by atoms with E-state index in [1.165, 1.54) is 0 Å². The Morgan fingerprint density at radius 1 is 0.657 bits per heavy atom. The molecule has 0 N–H and O–H groups in total. The standard InChI is InChI=1S/C28H40O5P2/c1-23(2)13-11-19-27(34(29)31-21-25-15-7-5-8-16-25)33-28(20-12-14-24(3)4)35(30)32-22-26-17-9-6-10-18-26/h5-10,15-18,23-24H,11-14,19-22H2,1-4H3. The first kappa shape index (κ1) is 29.8. The Kier molecular flexibility index (Phi) is 14.6. The Bertz CT molecular complexity index is 836. The quantitative estimate of drug-likeness (QED) is 0.231. The minimum atomic E-state index is -2.20.